The monoisotopic (exact) mass is 324 g/mol. The van der Waals surface area contributed by atoms with Crippen molar-refractivity contribution in [1.82, 2.24) is 4.72 Å². The van der Waals surface area contributed by atoms with Crippen LogP contribution in [0.3, 0.4) is 0 Å². The van der Waals surface area contributed by atoms with Crippen molar-refractivity contribution in [3.05, 3.63) is 45.6 Å². The standard InChI is InChI=1S/C15H20N2O2S2/c1-4-13(14-6-5-7-20-14)17-21(18,19)15-9-10(2)8-12(16)11(15)3/h5-9,13,17H,4,16H2,1-3H3. The number of rotatable bonds is 5. The molecule has 0 bridgehead atoms. The lowest BCUT2D eigenvalue weighted by Gasteiger charge is -2.18. The van der Waals surface area contributed by atoms with Gasteiger partial charge in [-0.3, -0.25) is 0 Å². The molecule has 0 saturated carbocycles. The molecule has 114 valence electrons. The Bertz CT molecular complexity index is 722. The van der Waals surface area contributed by atoms with Gasteiger partial charge in [0, 0.05) is 10.6 Å². The Balaban J connectivity index is 2.39. The van der Waals surface area contributed by atoms with Crippen LogP contribution in [-0.4, -0.2) is 8.42 Å². The Hall–Kier alpha value is -1.37. The summed E-state index contributed by atoms with van der Waals surface area (Å²) in [6, 6.07) is 7.10. The van der Waals surface area contributed by atoms with Crippen molar-refractivity contribution in [1.29, 1.82) is 0 Å². The van der Waals surface area contributed by atoms with Crippen LogP contribution in [0.15, 0.2) is 34.5 Å². The summed E-state index contributed by atoms with van der Waals surface area (Å²) < 4.78 is 28.1. The average Bonchev–Trinajstić information content (AvgIpc) is 2.94. The molecular weight excluding hydrogens is 304 g/mol. The van der Waals surface area contributed by atoms with E-state index >= 15 is 0 Å². The van der Waals surface area contributed by atoms with Gasteiger partial charge in [0.05, 0.1) is 10.9 Å². The molecule has 4 nitrogen and oxygen atoms in total. The van der Waals surface area contributed by atoms with Crippen molar-refractivity contribution in [2.45, 2.75) is 38.1 Å². The molecule has 1 heterocycles. The quantitative estimate of drug-likeness (QED) is 0.828. The first-order valence-corrected chi connectivity index (χ1v) is 9.14. The molecule has 0 aliphatic carbocycles. The zero-order chi connectivity index (χ0) is 15.6. The molecule has 0 amide bonds. The Labute approximate surface area is 130 Å². The molecule has 1 atom stereocenters. The number of sulfonamides is 1. The van der Waals surface area contributed by atoms with Crippen molar-refractivity contribution >= 4 is 27.0 Å². The Morgan fingerprint density at radius 2 is 2.05 bits per heavy atom. The lowest BCUT2D eigenvalue weighted by atomic mass is 10.1. The van der Waals surface area contributed by atoms with E-state index in [1.165, 1.54) is 0 Å². The number of hydrogen-bond donors (Lipinski definition) is 2. The summed E-state index contributed by atoms with van der Waals surface area (Å²) >= 11 is 1.55. The van der Waals surface area contributed by atoms with Crippen LogP contribution in [0.5, 0.6) is 0 Å². The number of thiophene rings is 1. The maximum absolute atomic E-state index is 12.7. The first-order valence-electron chi connectivity index (χ1n) is 6.77. The van der Waals surface area contributed by atoms with E-state index in [1.807, 2.05) is 31.4 Å². The van der Waals surface area contributed by atoms with Crippen molar-refractivity contribution in [2.75, 3.05) is 5.73 Å². The summed E-state index contributed by atoms with van der Waals surface area (Å²) in [7, 11) is -3.60. The minimum atomic E-state index is -3.60. The molecule has 21 heavy (non-hydrogen) atoms. The molecule has 0 aliphatic rings. The summed E-state index contributed by atoms with van der Waals surface area (Å²) in [5.74, 6) is 0. The largest absolute Gasteiger partial charge is 0.398 e. The second kappa shape index (κ2) is 6.17. The van der Waals surface area contributed by atoms with E-state index in [9.17, 15) is 8.42 Å². The third-order valence-corrected chi connectivity index (χ3v) is 6.01. The van der Waals surface area contributed by atoms with Gasteiger partial charge in [-0.2, -0.15) is 0 Å². The highest BCUT2D eigenvalue weighted by molar-refractivity contribution is 7.89. The van der Waals surface area contributed by atoms with E-state index in [4.69, 9.17) is 5.73 Å². The minimum Gasteiger partial charge on any atom is -0.398 e. The molecule has 1 unspecified atom stereocenters. The van der Waals surface area contributed by atoms with E-state index in [0.717, 1.165) is 10.4 Å². The van der Waals surface area contributed by atoms with E-state index in [-0.39, 0.29) is 10.9 Å². The molecule has 0 fully saturated rings. The fourth-order valence-corrected chi connectivity index (χ4v) is 4.81. The van der Waals surface area contributed by atoms with Gasteiger partial charge >= 0.3 is 0 Å². The van der Waals surface area contributed by atoms with Crippen LogP contribution in [0, 0.1) is 13.8 Å². The number of benzene rings is 1. The summed E-state index contributed by atoms with van der Waals surface area (Å²) in [6.45, 7) is 5.53. The SMILES string of the molecule is CCC(NS(=O)(=O)c1cc(C)cc(N)c1C)c1cccs1. The van der Waals surface area contributed by atoms with Gasteiger partial charge < -0.3 is 5.73 Å². The van der Waals surface area contributed by atoms with E-state index in [1.54, 1.807) is 30.4 Å². The summed E-state index contributed by atoms with van der Waals surface area (Å²) in [4.78, 5) is 1.27. The third-order valence-electron chi connectivity index (χ3n) is 3.43. The van der Waals surface area contributed by atoms with Gasteiger partial charge in [0.1, 0.15) is 0 Å². The van der Waals surface area contributed by atoms with Gasteiger partial charge in [0.2, 0.25) is 10.0 Å². The fourth-order valence-electron chi connectivity index (χ4n) is 2.21. The van der Waals surface area contributed by atoms with Gasteiger partial charge in [-0.15, -0.1) is 11.3 Å². The predicted octanol–water partition coefficient (Wildman–Crippen LogP) is 3.38. The lowest BCUT2D eigenvalue weighted by molar-refractivity contribution is 0.552. The van der Waals surface area contributed by atoms with Gasteiger partial charge in [0.25, 0.3) is 0 Å². The van der Waals surface area contributed by atoms with Crippen LogP contribution in [0.4, 0.5) is 5.69 Å². The normalized spacial score (nSPS) is 13.3. The first-order chi connectivity index (χ1) is 9.85. The first kappa shape index (κ1) is 16.0. The second-order valence-electron chi connectivity index (χ2n) is 5.07. The highest BCUT2D eigenvalue weighted by Gasteiger charge is 2.23. The molecule has 2 rings (SSSR count). The van der Waals surface area contributed by atoms with Crippen molar-refractivity contribution in [3.63, 3.8) is 0 Å². The van der Waals surface area contributed by atoms with Crippen LogP contribution < -0.4 is 10.5 Å². The minimum absolute atomic E-state index is 0.212. The molecule has 0 radical (unpaired) electrons. The highest BCUT2D eigenvalue weighted by atomic mass is 32.2. The third kappa shape index (κ3) is 3.45. The predicted molar refractivity (Wildman–Crippen MR) is 88.0 cm³/mol. The highest BCUT2D eigenvalue weighted by Crippen LogP contribution is 2.27. The Morgan fingerprint density at radius 3 is 2.62 bits per heavy atom. The zero-order valence-electron chi connectivity index (χ0n) is 12.4. The maximum atomic E-state index is 12.7. The maximum Gasteiger partial charge on any atom is 0.241 e. The summed E-state index contributed by atoms with van der Waals surface area (Å²) in [5.41, 5.74) is 7.81. The van der Waals surface area contributed by atoms with Gasteiger partial charge in [-0.1, -0.05) is 13.0 Å². The topological polar surface area (TPSA) is 72.2 Å². The van der Waals surface area contributed by atoms with Crippen LogP contribution >= 0.6 is 11.3 Å². The molecule has 1 aromatic carbocycles. The van der Waals surface area contributed by atoms with E-state index in [2.05, 4.69) is 4.72 Å². The van der Waals surface area contributed by atoms with Crippen LogP contribution in [0.2, 0.25) is 0 Å². The van der Waals surface area contributed by atoms with Crippen molar-refractivity contribution in [3.8, 4) is 0 Å². The zero-order valence-corrected chi connectivity index (χ0v) is 14.0. The number of nitrogen functional groups attached to an aromatic ring is 1. The number of aryl methyl sites for hydroxylation is 1. The summed E-state index contributed by atoms with van der Waals surface area (Å²) in [6.07, 6.45) is 0.695. The molecule has 0 aliphatic heterocycles. The number of hydrogen-bond acceptors (Lipinski definition) is 4. The lowest BCUT2D eigenvalue weighted by Crippen LogP contribution is -2.28. The van der Waals surface area contributed by atoms with Gasteiger partial charge in [0.15, 0.2) is 0 Å². The average molecular weight is 324 g/mol. The number of nitrogens with one attached hydrogen (secondary N) is 1. The number of anilines is 1. The van der Waals surface area contributed by atoms with Gasteiger partial charge in [-0.25, -0.2) is 13.1 Å². The van der Waals surface area contributed by atoms with Crippen LogP contribution in [-0.2, 0) is 10.0 Å². The smallest absolute Gasteiger partial charge is 0.241 e. The molecule has 3 N–H and O–H groups in total. The molecular formula is C15H20N2O2S2. The number of nitrogens with two attached hydrogens (primary N) is 1. The van der Waals surface area contributed by atoms with Crippen molar-refractivity contribution in [2.24, 2.45) is 0 Å². The summed E-state index contributed by atoms with van der Waals surface area (Å²) in [5, 5.41) is 1.95. The second-order valence-corrected chi connectivity index (χ2v) is 7.74. The van der Waals surface area contributed by atoms with Gasteiger partial charge in [-0.05, 0) is 55.0 Å². The molecule has 0 spiro atoms. The fraction of sp³-hybridized carbons (Fsp3) is 0.333. The molecule has 6 heteroatoms. The molecule has 2 aromatic rings. The molecule has 1 aromatic heterocycles. The van der Waals surface area contributed by atoms with Crippen LogP contribution in [0.25, 0.3) is 0 Å². The van der Waals surface area contributed by atoms with E-state index in [0.29, 0.717) is 17.7 Å². The Kier molecular flexibility index (Phi) is 4.70. The van der Waals surface area contributed by atoms with Crippen LogP contribution in [0.1, 0.15) is 35.4 Å². The van der Waals surface area contributed by atoms with E-state index < -0.39 is 10.0 Å². The molecule has 0 saturated heterocycles. The van der Waals surface area contributed by atoms with Crippen molar-refractivity contribution < 1.29 is 8.42 Å². The Morgan fingerprint density at radius 1 is 1.33 bits per heavy atom.